The number of hydrogen-bond donors (Lipinski definition) is 2. The van der Waals surface area contributed by atoms with Crippen LogP contribution in [0.2, 0.25) is 0 Å². The molecule has 0 fully saturated rings. The van der Waals surface area contributed by atoms with Crippen LogP contribution in [0, 0.1) is 12.7 Å². The van der Waals surface area contributed by atoms with Crippen LogP contribution >= 0.6 is 0 Å². The van der Waals surface area contributed by atoms with Crippen LogP contribution in [-0.2, 0) is 17.6 Å². The molecule has 0 unspecified atom stereocenters. The summed E-state index contributed by atoms with van der Waals surface area (Å²) >= 11 is 0. The van der Waals surface area contributed by atoms with E-state index in [1.54, 1.807) is 25.3 Å². The average Bonchev–Trinajstić information content (AvgIpc) is 2.55. The van der Waals surface area contributed by atoms with E-state index in [0.29, 0.717) is 30.5 Å². The molecule has 1 aromatic heterocycles. The lowest BCUT2D eigenvalue weighted by Crippen LogP contribution is -2.20. The van der Waals surface area contributed by atoms with Crippen LogP contribution in [0.5, 0.6) is 0 Å². The Morgan fingerprint density at radius 2 is 2.12 bits per heavy atom. The highest BCUT2D eigenvalue weighted by Crippen LogP contribution is 2.29. The summed E-state index contributed by atoms with van der Waals surface area (Å²) in [5.74, 6) is -1.07. The highest BCUT2D eigenvalue weighted by molar-refractivity contribution is 6.05. The zero-order valence-electron chi connectivity index (χ0n) is 13.6. The van der Waals surface area contributed by atoms with E-state index in [9.17, 15) is 14.0 Å². The van der Waals surface area contributed by atoms with Gasteiger partial charge in [0.1, 0.15) is 5.82 Å². The maximum Gasteiger partial charge on any atom is 0.256 e. The first-order valence-electron chi connectivity index (χ1n) is 7.87. The molecule has 3 rings (SSSR count). The smallest absolute Gasteiger partial charge is 0.256 e. The van der Waals surface area contributed by atoms with E-state index in [-0.39, 0.29) is 17.5 Å². The maximum atomic E-state index is 14.3. The molecule has 0 saturated heterocycles. The van der Waals surface area contributed by atoms with Crippen molar-refractivity contribution in [1.82, 2.24) is 4.98 Å². The molecule has 0 atom stereocenters. The summed E-state index contributed by atoms with van der Waals surface area (Å²) in [7, 11) is 0. The molecular weight excluding hydrogens is 309 g/mol. The summed E-state index contributed by atoms with van der Waals surface area (Å²) in [5.41, 5.74) is 3.43. The summed E-state index contributed by atoms with van der Waals surface area (Å²) in [6, 6.07) is 4.53. The molecule has 2 N–H and O–H groups in total. The fraction of sp³-hybridized carbons (Fsp3) is 0.278. The number of amides is 2. The van der Waals surface area contributed by atoms with Gasteiger partial charge in [-0.2, -0.15) is 0 Å². The molecule has 1 aliphatic rings. The average molecular weight is 327 g/mol. The van der Waals surface area contributed by atoms with E-state index in [4.69, 9.17) is 0 Å². The number of hydrogen-bond acceptors (Lipinski definition) is 3. The van der Waals surface area contributed by atoms with Crippen molar-refractivity contribution in [3.63, 3.8) is 0 Å². The van der Waals surface area contributed by atoms with Crippen LogP contribution in [0.25, 0.3) is 0 Å². The Labute approximate surface area is 139 Å². The Bertz CT molecular complexity index is 833. The van der Waals surface area contributed by atoms with E-state index in [0.717, 1.165) is 16.8 Å². The molecule has 0 bridgehead atoms. The standard InChI is InChI=1S/C18H18FN3O2/c1-3-11-9-20-10(2)6-13(11)18(24)22-16-7-12-4-5-17(23)21-15(12)8-14(16)19/h6-9H,3-5H2,1-2H3,(H,21,23)(H,22,24). The van der Waals surface area contributed by atoms with Crippen molar-refractivity contribution < 1.29 is 14.0 Å². The molecule has 0 radical (unpaired) electrons. The largest absolute Gasteiger partial charge is 0.326 e. The zero-order chi connectivity index (χ0) is 17.3. The SMILES string of the molecule is CCc1cnc(C)cc1C(=O)Nc1cc2c(cc1F)NC(=O)CC2. The van der Waals surface area contributed by atoms with Crippen LogP contribution in [0.4, 0.5) is 15.8 Å². The molecule has 2 aromatic rings. The molecule has 0 spiro atoms. The summed E-state index contributed by atoms with van der Waals surface area (Å²) in [6.07, 6.45) is 3.21. The second-order valence-corrected chi connectivity index (χ2v) is 5.83. The first-order valence-corrected chi connectivity index (χ1v) is 7.87. The fourth-order valence-corrected chi connectivity index (χ4v) is 2.77. The van der Waals surface area contributed by atoms with Gasteiger partial charge in [-0.1, -0.05) is 6.92 Å². The second kappa shape index (κ2) is 6.39. The summed E-state index contributed by atoms with van der Waals surface area (Å²) in [5, 5.41) is 5.27. The van der Waals surface area contributed by atoms with Crippen LogP contribution in [0.1, 0.15) is 40.5 Å². The highest BCUT2D eigenvalue weighted by atomic mass is 19.1. The summed E-state index contributed by atoms with van der Waals surface area (Å²) in [4.78, 5) is 28.1. The van der Waals surface area contributed by atoms with Gasteiger partial charge in [-0.3, -0.25) is 14.6 Å². The van der Waals surface area contributed by atoms with Crippen molar-refractivity contribution >= 4 is 23.2 Å². The number of nitrogens with zero attached hydrogens (tertiary/aromatic N) is 1. The minimum atomic E-state index is -0.576. The van der Waals surface area contributed by atoms with Crippen LogP contribution in [0.3, 0.4) is 0 Å². The zero-order valence-corrected chi connectivity index (χ0v) is 13.6. The first-order chi connectivity index (χ1) is 11.5. The molecule has 2 heterocycles. The van der Waals surface area contributed by atoms with Gasteiger partial charge in [0, 0.05) is 29.6 Å². The second-order valence-electron chi connectivity index (χ2n) is 5.83. The highest BCUT2D eigenvalue weighted by Gasteiger charge is 2.19. The number of fused-ring (bicyclic) bond motifs is 1. The van der Waals surface area contributed by atoms with Gasteiger partial charge in [-0.25, -0.2) is 4.39 Å². The number of aromatic nitrogens is 1. The van der Waals surface area contributed by atoms with Gasteiger partial charge in [-0.05, 0) is 49.1 Å². The van der Waals surface area contributed by atoms with Crippen molar-refractivity contribution in [2.75, 3.05) is 10.6 Å². The Hall–Kier alpha value is -2.76. The first kappa shape index (κ1) is 16.1. The molecule has 0 aliphatic carbocycles. The van der Waals surface area contributed by atoms with Crippen LogP contribution < -0.4 is 10.6 Å². The lowest BCUT2D eigenvalue weighted by atomic mass is 10.0. The quantitative estimate of drug-likeness (QED) is 0.909. The number of nitrogens with one attached hydrogen (secondary N) is 2. The van der Waals surface area contributed by atoms with Crippen LogP contribution in [0.15, 0.2) is 24.4 Å². The van der Waals surface area contributed by atoms with Crippen molar-refractivity contribution in [3.05, 3.63) is 52.6 Å². The van der Waals surface area contributed by atoms with Gasteiger partial charge in [0.25, 0.3) is 5.91 Å². The lowest BCUT2D eigenvalue weighted by Gasteiger charge is -2.18. The maximum absolute atomic E-state index is 14.3. The minimum absolute atomic E-state index is 0.117. The lowest BCUT2D eigenvalue weighted by molar-refractivity contribution is -0.116. The number of anilines is 2. The normalized spacial score (nSPS) is 13.2. The topological polar surface area (TPSA) is 71.1 Å². The van der Waals surface area contributed by atoms with Crippen LogP contribution in [-0.4, -0.2) is 16.8 Å². The van der Waals surface area contributed by atoms with Gasteiger partial charge >= 0.3 is 0 Å². The molecule has 2 amide bonds. The number of pyridine rings is 1. The Morgan fingerprint density at radius 1 is 1.33 bits per heavy atom. The molecule has 1 aliphatic heterocycles. The summed E-state index contributed by atoms with van der Waals surface area (Å²) in [6.45, 7) is 3.74. The van der Waals surface area contributed by atoms with Crippen molar-refractivity contribution in [3.8, 4) is 0 Å². The number of carbonyl (C=O) groups is 2. The van der Waals surface area contributed by atoms with Crippen molar-refractivity contribution in [2.24, 2.45) is 0 Å². The van der Waals surface area contributed by atoms with E-state index >= 15 is 0 Å². The number of rotatable bonds is 3. The predicted octanol–water partition coefficient (Wildman–Crippen LogP) is 3.23. The van der Waals surface area contributed by atoms with E-state index in [2.05, 4.69) is 15.6 Å². The Morgan fingerprint density at radius 3 is 2.88 bits per heavy atom. The Balaban J connectivity index is 1.90. The number of benzene rings is 1. The van der Waals surface area contributed by atoms with Gasteiger partial charge in [0.15, 0.2) is 0 Å². The summed E-state index contributed by atoms with van der Waals surface area (Å²) < 4.78 is 14.3. The third-order valence-corrected chi connectivity index (χ3v) is 4.09. The number of halogens is 1. The molecule has 5 nitrogen and oxygen atoms in total. The molecular formula is C18H18FN3O2. The molecule has 1 aromatic carbocycles. The molecule has 6 heteroatoms. The predicted molar refractivity (Wildman–Crippen MR) is 89.7 cm³/mol. The van der Waals surface area contributed by atoms with Gasteiger partial charge < -0.3 is 10.6 Å². The van der Waals surface area contributed by atoms with E-state index in [1.807, 2.05) is 6.92 Å². The molecule has 0 saturated carbocycles. The fourth-order valence-electron chi connectivity index (χ4n) is 2.77. The number of aryl methyl sites for hydroxylation is 3. The van der Waals surface area contributed by atoms with E-state index in [1.165, 1.54) is 6.07 Å². The number of carbonyl (C=O) groups excluding carboxylic acids is 2. The third-order valence-electron chi connectivity index (χ3n) is 4.09. The third kappa shape index (κ3) is 3.13. The monoisotopic (exact) mass is 327 g/mol. The van der Waals surface area contributed by atoms with Gasteiger partial charge in [-0.15, -0.1) is 0 Å². The van der Waals surface area contributed by atoms with E-state index < -0.39 is 5.82 Å². The molecule has 24 heavy (non-hydrogen) atoms. The van der Waals surface area contributed by atoms with Crippen molar-refractivity contribution in [2.45, 2.75) is 33.1 Å². The Kier molecular flexibility index (Phi) is 4.29. The van der Waals surface area contributed by atoms with Gasteiger partial charge in [0.05, 0.1) is 5.69 Å². The minimum Gasteiger partial charge on any atom is -0.326 e. The van der Waals surface area contributed by atoms with Gasteiger partial charge in [0.2, 0.25) is 5.91 Å². The molecule has 124 valence electrons. The van der Waals surface area contributed by atoms with Crippen molar-refractivity contribution in [1.29, 1.82) is 0 Å².